The fourth-order valence-corrected chi connectivity index (χ4v) is 2.10. The van der Waals surface area contributed by atoms with E-state index >= 15 is 0 Å². The topological polar surface area (TPSA) is 69.6 Å². The highest BCUT2D eigenvalue weighted by atomic mass is 35.5. The molecule has 0 unspecified atom stereocenters. The number of carbonyl (C=O) groups excluding carboxylic acids is 2. The van der Waals surface area contributed by atoms with Crippen molar-refractivity contribution >= 4 is 29.1 Å². The molecule has 0 aliphatic heterocycles. The Balaban J connectivity index is 2.36. The lowest BCUT2D eigenvalue weighted by Crippen LogP contribution is -2.22. The molecule has 2 aromatic rings. The molecule has 2 N–H and O–H groups in total. The van der Waals surface area contributed by atoms with Gasteiger partial charge in [-0.1, -0.05) is 29.8 Å². The van der Waals surface area contributed by atoms with Crippen molar-refractivity contribution in [3.8, 4) is 5.75 Å². The van der Waals surface area contributed by atoms with Crippen LogP contribution in [0.4, 0.5) is 5.69 Å². The maximum atomic E-state index is 12.1. The third kappa shape index (κ3) is 3.38. The SMILES string of the molecule is CN(C)C(=O)c1cc(Cl)cc(NC(=O)c2ccccc2)c1O. The molecule has 2 amide bonds. The van der Waals surface area contributed by atoms with Crippen LogP contribution in [0.25, 0.3) is 0 Å². The number of hydrogen-bond donors (Lipinski definition) is 2. The molecule has 0 aliphatic carbocycles. The Morgan fingerprint density at radius 1 is 1.14 bits per heavy atom. The minimum absolute atomic E-state index is 0.0286. The molecule has 2 aromatic carbocycles. The fourth-order valence-electron chi connectivity index (χ4n) is 1.88. The van der Waals surface area contributed by atoms with E-state index in [2.05, 4.69) is 5.32 Å². The van der Waals surface area contributed by atoms with Gasteiger partial charge in [-0.3, -0.25) is 9.59 Å². The summed E-state index contributed by atoms with van der Waals surface area (Å²) in [5.41, 5.74) is 0.551. The second kappa shape index (κ2) is 6.49. The molecule has 2 rings (SSSR count). The Morgan fingerprint density at radius 3 is 2.36 bits per heavy atom. The van der Waals surface area contributed by atoms with Crippen LogP contribution >= 0.6 is 11.6 Å². The minimum atomic E-state index is -0.407. The van der Waals surface area contributed by atoms with Crippen molar-refractivity contribution in [2.75, 3.05) is 19.4 Å². The van der Waals surface area contributed by atoms with Crippen LogP contribution in [-0.4, -0.2) is 35.9 Å². The third-order valence-corrected chi connectivity index (χ3v) is 3.21. The van der Waals surface area contributed by atoms with E-state index in [1.54, 1.807) is 44.4 Å². The summed E-state index contributed by atoms with van der Waals surface area (Å²) in [7, 11) is 3.12. The first kappa shape index (κ1) is 15.9. The largest absolute Gasteiger partial charge is 0.505 e. The quantitative estimate of drug-likeness (QED) is 0.855. The smallest absolute Gasteiger partial charge is 0.257 e. The van der Waals surface area contributed by atoms with E-state index < -0.39 is 11.8 Å². The average Bonchev–Trinajstić information content (AvgIpc) is 2.50. The zero-order chi connectivity index (χ0) is 16.3. The van der Waals surface area contributed by atoms with Gasteiger partial charge < -0.3 is 15.3 Å². The van der Waals surface area contributed by atoms with E-state index in [0.717, 1.165) is 0 Å². The number of benzene rings is 2. The number of rotatable bonds is 3. The molecule has 0 atom stereocenters. The number of halogens is 1. The normalized spacial score (nSPS) is 10.1. The minimum Gasteiger partial charge on any atom is -0.505 e. The first-order valence-electron chi connectivity index (χ1n) is 6.50. The summed E-state index contributed by atoms with van der Waals surface area (Å²) >= 11 is 5.97. The predicted molar refractivity (Wildman–Crippen MR) is 85.5 cm³/mol. The van der Waals surface area contributed by atoms with E-state index in [1.807, 2.05) is 0 Å². The molecule has 0 saturated heterocycles. The molecule has 5 nitrogen and oxygen atoms in total. The highest BCUT2D eigenvalue weighted by Crippen LogP contribution is 2.32. The van der Waals surface area contributed by atoms with Crippen LogP contribution in [0, 0.1) is 0 Å². The highest BCUT2D eigenvalue weighted by Gasteiger charge is 2.19. The monoisotopic (exact) mass is 318 g/mol. The Bertz CT molecular complexity index is 715. The van der Waals surface area contributed by atoms with Gasteiger partial charge in [-0.25, -0.2) is 0 Å². The molecular weight excluding hydrogens is 304 g/mol. The molecule has 0 aliphatic rings. The first-order valence-corrected chi connectivity index (χ1v) is 6.88. The molecule has 0 fully saturated rings. The van der Waals surface area contributed by atoms with E-state index in [9.17, 15) is 14.7 Å². The number of phenols is 1. The summed E-state index contributed by atoms with van der Waals surface area (Å²) < 4.78 is 0. The second-order valence-corrected chi connectivity index (χ2v) is 5.31. The van der Waals surface area contributed by atoms with Crippen molar-refractivity contribution in [3.05, 3.63) is 58.6 Å². The van der Waals surface area contributed by atoms with Crippen LogP contribution in [0.5, 0.6) is 5.75 Å². The summed E-state index contributed by atoms with van der Waals surface area (Å²) in [6, 6.07) is 11.3. The average molecular weight is 319 g/mol. The number of phenolic OH excluding ortho intramolecular Hbond substituents is 1. The lowest BCUT2D eigenvalue weighted by atomic mass is 10.1. The summed E-state index contributed by atoms with van der Waals surface area (Å²) in [5, 5.41) is 13.0. The lowest BCUT2D eigenvalue weighted by molar-refractivity contribution is 0.0824. The fraction of sp³-hybridized carbons (Fsp3) is 0.125. The van der Waals surface area contributed by atoms with Crippen molar-refractivity contribution in [3.63, 3.8) is 0 Å². The van der Waals surface area contributed by atoms with Gasteiger partial charge >= 0.3 is 0 Å². The van der Waals surface area contributed by atoms with Crippen LogP contribution in [-0.2, 0) is 0 Å². The van der Waals surface area contributed by atoms with Crippen molar-refractivity contribution in [2.45, 2.75) is 0 Å². The molecule has 0 spiro atoms. The van der Waals surface area contributed by atoms with Crippen molar-refractivity contribution in [2.24, 2.45) is 0 Å². The van der Waals surface area contributed by atoms with Gasteiger partial charge in [0.1, 0.15) is 0 Å². The Morgan fingerprint density at radius 2 is 1.77 bits per heavy atom. The van der Waals surface area contributed by atoms with Crippen LogP contribution in [0.3, 0.4) is 0 Å². The third-order valence-electron chi connectivity index (χ3n) is 3.00. The second-order valence-electron chi connectivity index (χ2n) is 4.87. The molecule has 22 heavy (non-hydrogen) atoms. The van der Waals surface area contributed by atoms with E-state index in [4.69, 9.17) is 11.6 Å². The van der Waals surface area contributed by atoms with E-state index in [-0.39, 0.29) is 22.0 Å². The number of nitrogens with one attached hydrogen (secondary N) is 1. The number of amides is 2. The highest BCUT2D eigenvalue weighted by molar-refractivity contribution is 6.31. The van der Waals surface area contributed by atoms with Gasteiger partial charge in [0.2, 0.25) is 0 Å². The van der Waals surface area contributed by atoms with Crippen LogP contribution < -0.4 is 5.32 Å². The van der Waals surface area contributed by atoms with Gasteiger partial charge in [0.25, 0.3) is 11.8 Å². The number of anilines is 1. The molecule has 114 valence electrons. The number of carbonyl (C=O) groups is 2. The summed E-state index contributed by atoms with van der Waals surface area (Å²) in [4.78, 5) is 25.5. The van der Waals surface area contributed by atoms with Crippen LogP contribution in [0.2, 0.25) is 5.02 Å². The molecule has 0 aromatic heterocycles. The van der Waals surface area contributed by atoms with Gasteiger partial charge in [-0.15, -0.1) is 0 Å². The zero-order valence-electron chi connectivity index (χ0n) is 12.1. The van der Waals surface area contributed by atoms with Crippen molar-refractivity contribution in [1.29, 1.82) is 0 Å². The number of nitrogens with zero attached hydrogens (tertiary/aromatic N) is 1. The molecule has 0 saturated carbocycles. The maximum absolute atomic E-state index is 12.1. The molecular formula is C16H15ClN2O3. The Kier molecular flexibility index (Phi) is 4.68. The Hall–Kier alpha value is -2.53. The number of hydrogen-bond acceptors (Lipinski definition) is 3. The van der Waals surface area contributed by atoms with Crippen LogP contribution in [0.15, 0.2) is 42.5 Å². The summed E-state index contributed by atoms with van der Waals surface area (Å²) in [5.74, 6) is -1.12. The maximum Gasteiger partial charge on any atom is 0.257 e. The van der Waals surface area contributed by atoms with Gasteiger partial charge in [0.15, 0.2) is 5.75 Å². The van der Waals surface area contributed by atoms with Crippen molar-refractivity contribution in [1.82, 2.24) is 4.90 Å². The van der Waals surface area contributed by atoms with Gasteiger partial charge in [0, 0.05) is 24.7 Å². The standard InChI is InChI=1S/C16H15ClN2O3/c1-19(2)16(22)12-8-11(17)9-13(14(12)20)18-15(21)10-6-4-3-5-7-10/h3-9,20H,1-2H3,(H,18,21). The first-order chi connectivity index (χ1) is 10.4. The summed E-state index contributed by atoms with van der Waals surface area (Å²) in [6.07, 6.45) is 0. The van der Waals surface area contributed by atoms with E-state index in [1.165, 1.54) is 17.0 Å². The van der Waals surface area contributed by atoms with Gasteiger partial charge in [-0.2, -0.15) is 0 Å². The van der Waals surface area contributed by atoms with Crippen molar-refractivity contribution < 1.29 is 14.7 Å². The number of aromatic hydroxyl groups is 1. The van der Waals surface area contributed by atoms with Gasteiger partial charge in [-0.05, 0) is 24.3 Å². The zero-order valence-corrected chi connectivity index (χ0v) is 12.9. The summed E-state index contributed by atoms with van der Waals surface area (Å²) in [6.45, 7) is 0. The predicted octanol–water partition coefficient (Wildman–Crippen LogP) is 3.00. The Labute approximate surface area is 133 Å². The van der Waals surface area contributed by atoms with E-state index in [0.29, 0.717) is 5.56 Å². The molecule has 6 heteroatoms. The molecule has 0 heterocycles. The van der Waals surface area contributed by atoms with Gasteiger partial charge in [0.05, 0.1) is 11.3 Å². The van der Waals surface area contributed by atoms with Crippen LogP contribution in [0.1, 0.15) is 20.7 Å². The molecule has 0 bridgehead atoms. The molecule has 0 radical (unpaired) electrons. The lowest BCUT2D eigenvalue weighted by Gasteiger charge is -2.15.